The highest BCUT2D eigenvalue weighted by Gasteiger charge is 2.14. The van der Waals surface area contributed by atoms with Crippen molar-refractivity contribution in [1.82, 2.24) is 4.98 Å². The molecule has 0 spiro atoms. The summed E-state index contributed by atoms with van der Waals surface area (Å²) in [5.41, 5.74) is 1.26. The molecule has 3 rings (SSSR count). The van der Waals surface area contributed by atoms with Gasteiger partial charge in [-0.15, -0.1) is 11.8 Å². The van der Waals surface area contributed by atoms with Crippen molar-refractivity contribution in [2.24, 2.45) is 0 Å². The summed E-state index contributed by atoms with van der Waals surface area (Å²) in [4.78, 5) is 3.91. The van der Waals surface area contributed by atoms with Crippen LogP contribution in [0, 0.1) is 0 Å². The molecule has 0 saturated carbocycles. The quantitative estimate of drug-likeness (QED) is 0.810. The average Bonchev–Trinajstić information content (AvgIpc) is 2.83. The van der Waals surface area contributed by atoms with Gasteiger partial charge >= 0.3 is 0 Å². The van der Waals surface area contributed by atoms with Gasteiger partial charge in [-0.2, -0.15) is 0 Å². The van der Waals surface area contributed by atoms with Crippen LogP contribution in [0.25, 0.3) is 10.8 Å². The Kier molecular flexibility index (Phi) is 2.33. The number of allylic oxidation sites excluding steroid dienone is 1. The predicted molar refractivity (Wildman–Crippen MR) is 67.5 cm³/mol. The number of pyridine rings is 1. The van der Waals surface area contributed by atoms with Gasteiger partial charge in [-0.25, -0.2) is 4.98 Å². The molecule has 0 amide bonds. The third-order valence-corrected chi connectivity index (χ3v) is 3.97. The predicted octanol–water partition coefficient (Wildman–Crippen LogP) is 3.63. The van der Waals surface area contributed by atoms with Crippen LogP contribution in [0.5, 0.6) is 5.88 Å². The van der Waals surface area contributed by atoms with Crippen molar-refractivity contribution in [1.29, 1.82) is 0 Å². The molecule has 1 aliphatic rings. The van der Waals surface area contributed by atoms with Gasteiger partial charge in [0.2, 0.25) is 5.88 Å². The van der Waals surface area contributed by atoms with Crippen LogP contribution in [-0.2, 0) is 0 Å². The molecule has 0 aliphatic carbocycles. The minimum atomic E-state index is 0.121. The topological polar surface area (TPSA) is 33.1 Å². The lowest BCUT2D eigenvalue weighted by molar-refractivity contribution is 0.460. The average molecular weight is 229 g/mol. The second-order valence-electron chi connectivity index (χ2n) is 3.85. The van der Waals surface area contributed by atoms with Crippen molar-refractivity contribution in [2.45, 2.75) is 11.7 Å². The van der Waals surface area contributed by atoms with E-state index in [9.17, 15) is 5.11 Å². The van der Waals surface area contributed by atoms with E-state index in [1.165, 1.54) is 5.56 Å². The van der Waals surface area contributed by atoms with Gasteiger partial charge in [-0.05, 0) is 34.9 Å². The van der Waals surface area contributed by atoms with Gasteiger partial charge in [0.05, 0.1) is 0 Å². The highest BCUT2D eigenvalue weighted by atomic mass is 32.2. The van der Waals surface area contributed by atoms with Crippen molar-refractivity contribution in [3.05, 3.63) is 47.5 Å². The summed E-state index contributed by atoms with van der Waals surface area (Å²) in [6.45, 7) is 0. The number of benzene rings is 1. The van der Waals surface area contributed by atoms with Crippen LogP contribution in [0.2, 0.25) is 0 Å². The zero-order valence-electron chi connectivity index (χ0n) is 8.63. The number of rotatable bonds is 1. The monoisotopic (exact) mass is 229 g/mol. The molecule has 2 heterocycles. The van der Waals surface area contributed by atoms with E-state index < -0.39 is 0 Å². The molecule has 0 bridgehead atoms. The van der Waals surface area contributed by atoms with E-state index in [-0.39, 0.29) is 5.88 Å². The number of hydrogen-bond acceptors (Lipinski definition) is 3. The van der Waals surface area contributed by atoms with Crippen LogP contribution in [0.15, 0.2) is 41.9 Å². The molecule has 1 aromatic heterocycles. The van der Waals surface area contributed by atoms with E-state index in [0.717, 1.165) is 17.2 Å². The van der Waals surface area contributed by atoms with Gasteiger partial charge in [0.15, 0.2) is 0 Å². The molecule has 2 aromatic rings. The lowest BCUT2D eigenvalue weighted by Crippen LogP contribution is -1.89. The van der Waals surface area contributed by atoms with Crippen molar-refractivity contribution in [2.75, 3.05) is 0 Å². The molecule has 0 radical (unpaired) electrons. The van der Waals surface area contributed by atoms with Crippen LogP contribution >= 0.6 is 11.8 Å². The Hall–Kier alpha value is -1.48. The Morgan fingerprint density at radius 1 is 1.31 bits per heavy atom. The first-order valence-electron chi connectivity index (χ1n) is 5.23. The van der Waals surface area contributed by atoms with E-state index in [1.54, 1.807) is 6.20 Å². The maximum atomic E-state index is 9.70. The maximum absolute atomic E-state index is 9.70. The molecule has 0 fully saturated rings. The van der Waals surface area contributed by atoms with Crippen LogP contribution in [0.3, 0.4) is 0 Å². The van der Waals surface area contributed by atoms with E-state index in [2.05, 4.69) is 22.5 Å². The molecule has 1 aliphatic heterocycles. The van der Waals surface area contributed by atoms with Gasteiger partial charge in [0, 0.05) is 16.8 Å². The molecule has 3 heteroatoms. The van der Waals surface area contributed by atoms with Crippen molar-refractivity contribution in [3.8, 4) is 5.88 Å². The van der Waals surface area contributed by atoms with E-state index in [1.807, 2.05) is 30.0 Å². The summed E-state index contributed by atoms with van der Waals surface area (Å²) in [6.07, 6.45) is 4.88. The minimum absolute atomic E-state index is 0.121. The number of thioether (sulfide) groups is 1. The Morgan fingerprint density at radius 2 is 2.25 bits per heavy atom. The first-order valence-corrected chi connectivity index (χ1v) is 6.17. The van der Waals surface area contributed by atoms with Crippen LogP contribution < -0.4 is 0 Å². The second-order valence-corrected chi connectivity index (χ2v) is 4.96. The molecule has 0 saturated heterocycles. The van der Waals surface area contributed by atoms with Gasteiger partial charge in [-0.3, -0.25) is 0 Å². The van der Waals surface area contributed by atoms with Gasteiger partial charge in [0.1, 0.15) is 0 Å². The lowest BCUT2D eigenvalue weighted by Gasteiger charge is -2.10. The van der Waals surface area contributed by atoms with Crippen molar-refractivity contribution < 1.29 is 5.11 Å². The van der Waals surface area contributed by atoms with Crippen molar-refractivity contribution in [3.63, 3.8) is 0 Å². The Morgan fingerprint density at radius 3 is 3.06 bits per heavy atom. The zero-order valence-corrected chi connectivity index (χ0v) is 9.45. The molecule has 1 aromatic carbocycles. The van der Waals surface area contributed by atoms with Gasteiger partial charge < -0.3 is 5.11 Å². The Bertz CT molecular complexity index is 557. The standard InChI is InChI=1S/C13H11NOS/c15-13-11-8-10(12-2-1-7-16-12)4-3-9(11)5-6-14-13/h1,3-8,12H,2H2,(H,14,15). The van der Waals surface area contributed by atoms with Crippen LogP contribution in [0.1, 0.15) is 17.2 Å². The van der Waals surface area contributed by atoms with Gasteiger partial charge in [0.25, 0.3) is 0 Å². The summed E-state index contributed by atoms with van der Waals surface area (Å²) in [7, 11) is 0. The minimum Gasteiger partial charge on any atom is -0.493 e. The Balaban J connectivity index is 2.11. The van der Waals surface area contributed by atoms with E-state index in [4.69, 9.17) is 0 Å². The van der Waals surface area contributed by atoms with Gasteiger partial charge in [-0.1, -0.05) is 18.2 Å². The first-order chi connectivity index (χ1) is 7.84. The molecule has 1 unspecified atom stereocenters. The number of aromatic nitrogens is 1. The largest absolute Gasteiger partial charge is 0.493 e. The number of aromatic hydroxyl groups is 1. The van der Waals surface area contributed by atoms with E-state index >= 15 is 0 Å². The smallest absolute Gasteiger partial charge is 0.218 e. The van der Waals surface area contributed by atoms with Crippen LogP contribution in [0.4, 0.5) is 0 Å². The third-order valence-electron chi connectivity index (χ3n) is 2.83. The molecule has 1 atom stereocenters. The molecule has 80 valence electrons. The normalized spacial score (nSPS) is 19.4. The number of nitrogens with zero attached hydrogens (tertiary/aromatic N) is 1. The van der Waals surface area contributed by atoms with E-state index in [0.29, 0.717) is 5.25 Å². The van der Waals surface area contributed by atoms with Crippen molar-refractivity contribution >= 4 is 22.5 Å². The highest BCUT2D eigenvalue weighted by Crippen LogP contribution is 2.39. The fourth-order valence-corrected chi connectivity index (χ4v) is 2.91. The summed E-state index contributed by atoms with van der Waals surface area (Å²) >= 11 is 1.83. The SMILES string of the molecule is Oc1nccc2ccc(C3CC=CS3)cc12. The maximum Gasteiger partial charge on any atom is 0.218 e. The summed E-state index contributed by atoms with van der Waals surface area (Å²) in [6, 6.07) is 8.14. The summed E-state index contributed by atoms with van der Waals surface area (Å²) < 4.78 is 0. The molecular formula is C13H11NOS. The molecule has 1 N–H and O–H groups in total. The fraction of sp³-hybridized carbons (Fsp3) is 0.154. The first kappa shape index (κ1) is 9.73. The molecule has 2 nitrogen and oxygen atoms in total. The zero-order chi connectivity index (χ0) is 11.0. The lowest BCUT2D eigenvalue weighted by atomic mass is 10.0. The number of hydrogen-bond donors (Lipinski definition) is 1. The number of fused-ring (bicyclic) bond motifs is 1. The van der Waals surface area contributed by atoms with Crippen LogP contribution in [-0.4, -0.2) is 10.1 Å². The highest BCUT2D eigenvalue weighted by molar-refractivity contribution is 8.02. The third kappa shape index (κ3) is 1.57. The summed E-state index contributed by atoms with van der Waals surface area (Å²) in [5.74, 6) is 0.121. The summed E-state index contributed by atoms with van der Waals surface area (Å²) in [5, 5.41) is 14.2. The molecule has 16 heavy (non-hydrogen) atoms. The fourth-order valence-electron chi connectivity index (χ4n) is 1.97. The second kappa shape index (κ2) is 3.83. The Labute approximate surface area is 98.0 Å². The molecular weight excluding hydrogens is 218 g/mol.